The van der Waals surface area contributed by atoms with Crippen LogP contribution >= 0.6 is 0 Å². The Morgan fingerprint density at radius 3 is 2.38 bits per heavy atom. The van der Waals surface area contributed by atoms with Crippen molar-refractivity contribution in [3.05, 3.63) is 87.3 Å². The predicted octanol–water partition coefficient (Wildman–Crippen LogP) is 2.17. The van der Waals surface area contributed by atoms with Crippen molar-refractivity contribution in [2.24, 2.45) is 0 Å². The van der Waals surface area contributed by atoms with E-state index in [1.165, 1.54) is 15.3 Å². The van der Waals surface area contributed by atoms with Gasteiger partial charge in [-0.15, -0.1) is 0 Å². The van der Waals surface area contributed by atoms with Crippen LogP contribution in [0, 0.1) is 6.92 Å². The summed E-state index contributed by atoms with van der Waals surface area (Å²) in [5, 5.41) is 3.51. The predicted molar refractivity (Wildman–Crippen MR) is 92.0 cm³/mol. The maximum atomic E-state index is 12.8. The zero-order chi connectivity index (χ0) is 16.7. The topological polar surface area (TPSA) is 72.7 Å². The first-order chi connectivity index (χ1) is 11.7. The molecule has 0 spiro atoms. The lowest BCUT2D eigenvalue weighted by atomic mass is 10.2. The average molecular weight is 318 g/mol. The van der Waals surface area contributed by atoms with Gasteiger partial charge in [0.15, 0.2) is 0 Å². The normalized spacial score (nSPS) is 11.0. The lowest BCUT2D eigenvalue weighted by molar-refractivity contribution is 0.863. The SMILES string of the molecule is Cc1c2c(=O)n(-c3ccccc3)[nH]c2cc(=O)n1-c1ccncc1. The van der Waals surface area contributed by atoms with Gasteiger partial charge < -0.3 is 0 Å². The molecule has 6 heteroatoms. The summed E-state index contributed by atoms with van der Waals surface area (Å²) in [6, 6.07) is 14.2. The number of para-hydroxylation sites is 1. The zero-order valence-electron chi connectivity index (χ0n) is 12.9. The highest BCUT2D eigenvalue weighted by Crippen LogP contribution is 2.16. The maximum absolute atomic E-state index is 12.8. The van der Waals surface area contributed by atoms with Crippen molar-refractivity contribution < 1.29 is 0 Å². The summed E-state index contributed by atoms with van der Waals surface area (Å²) in [5.41, 5.74) is 2.14. The van der Waals surface area contributed by atoms with Crippen molar-refractivity contribution in [3.63, 3.8) is 0 Å². The van der Waals surface area contributed by atoms with E-state index in [0.29, 0.717) is 22.3 Å². The molecule has 0 atom stereocenters. The van der Waals surface area contributed by atoms with E-state index in [4.69, 9.17) is 0 Å². The van der Waals surface area contributed by atoms with Crippen LogP contribution < -0.4 is 11.1 Å². The van der Waals surface area contributed by atoms with Crippen LogP contribution in [0.5, 0.6) is 0 Å². The van der Waals surface area contributed by atoms with Gasteiger partial charge in [-0.1, -0.05) is 18.2 Å². The number of aryl methyl sites for hydroxylation is 1. The molecule has 6 nitrogen and oxygen atoms in total. The van der Waals surface area contributed by atoms with Gasteiger partial charge in [-0.25, -0.2) is 4.68 Å². The molecular formula is C18H14N4O2. The number of hydrogen-bond donors (Lipinski definition) is 1. The van der Waals surface area contributed by atoms with E-state index in [9.17, 15) is 9.59 Å². The number of aromatic nitrogens is 4. The van der Waals surface area contributed by atoms with E-state index in [2.05, 4.69) is 10.1 Å². The number of benzene rings is 1. The number of fused-ring (bicyclic) bond motifs is 1. The fraction of sp³-hybridized carbons (Fsp3) is 0.0556. The lowest BCUT2D eigenvalue weighted by Gasteiger charge is -2.09. The van der Waals surface area contributed by atoms with Crippen LogP contribution in [0.2, 0.25) is 0 Å². The van der Waals surface area contributed by atoms with Gasteiger partial charge in [0.1, 0.15) is 0 Å². The summed E-state index contributed by atoms with van der Waals surface area (Å²) in [5.74, 6) is 0. The zero-order valence-corrected chi connectivity index (χ0v) is 12.9. The van der Waals surface area contributed by atoms with Gasteiger partial charge in [0, 0.05) is 24.2 Å². The van der Waals surface area contributed by atoms with Gasteiger partial charge in [-0.05, 0) is 31.2 Å². The molecule has 24 heavy (non-hydrogen) atoms. The molecule has 0 unspecified atom stereocenters. The van der Waals surface area contributed by atoms with Crippen molar-refractivity contribution in [2.75, 3.05) is 0 Å². The van der Waals surface area contributed by atoms with Crippen LogP contribution in [0.15, 0.2) is 70.5 Å². The van der Waals surface area contributed by atoms with Gasteiger partial charge in [0.05, 0.1) is 22.3 Å². The largest absolute Gasteiger partial charge is 0.290 e. The number of hydrogen-bond acceptors (Lipinski definition) is 3. The van der Waals surface area contributed by atoms with E-state index in [-0.39, 0.29) is 11.1 Å². The van der Waals surface area contributed by atoms with E-state index >= 15 is 0 Å². The molecule has 3 aromatic heterocycles. The number of nitrogens with one attached hydrogen (secondary N) is 1. The highest BCUT2D eigenvalue weighted by molar-refractivity contribution is 5.81. The highest BCUT2D eigenvalue weighted by Gasteiger charge is 2.15. The van der Waals surface area contributed by atoms with Crippen LogP contribution in [-0.4, -0.2) is 19.3 Å². The first kappa shape index (κ1) is 14.2. The van der Waals surface area contributed by atoms with Crippen LogP contribution in [0.25, 0.3) is 22.3 Å². The van der Waals surface area contributed by atoms with Gasteiger partial charge >= 0.3 is 0 Å². The number of pyridine rings is 2. The molecule has 0 saturated carbocycles. The van der Waals surface area contributed by atoms with Crippen molar-refractivity contribution in [1.29, 1.82) is 0 Å². The van der Waals surface area contributed by atoms with E-state index < -0.39 is 0 Å². The summed E-state index contributed by atoms with van der Waals surface area (Å²) < 4.78 is 2.97. The van der Waals surface area contributed by atoms with Crippen molar-refractivity contribution in [2.45, 2.75) is 6.92 Å². The molecule has 4 rings (SSSR count). The lowest BCUT2D eigenvalue weighted by Crippen LogP contribution is -2.21. The van der Waals surface area contributed by atoms with Crippen LogP contribution in [0.3, 0.4) is 0 Å². The molecule has 4 aromatic rings. The van der Waals surface area contributed by atoms with Gasteiger partial charge in [0.2, 0.25) is 0 Å². The molecule has 1 N–H and O–H groups in total. The molecule has 118 valence electrons. The Morgan fingerprint density at radius 2 is 1.67 bits per heavy atom. The molecular weight excluding hydrogens is 304 g/mol. The van der Waals surface area contributed by atoms with Crippen molar-refractivity contribution >= 4 is 10.9 Å². The summed E-state index contributed by atoms with van der Waals surface area (Å²) in [6.07, 6.45) is 3.23. The molecule has 0 aliphatic heterocycles. The average Bonchev–Trinajstić information content (AvgIpc) is 2.93. The number of nitrogens with zero attached hydrogens (tertiary/aromatic N) is 3. The fourth-order valence-electron chi connectivity index (χ4n) is 2.95. The van der Waals surface area contributed by atoms with Crippen molar-refractivity contribution in [1.82, 2.24) is 19.3 Å². The second-order valence-electron chi connectivity index (χ2n) is 5.49. The molecule has 0 aliphatic carbocycles. The molecule has 0 aliphatic rings. The maximum Gasteiger partial charge on any atom is 0.280 e. The molecule has 0 radical (unpaired) electrons. The molecule has 3 heterocycles. The fourth-order valence-corrected chi connectivity index (χ4v) is 2.95. The van der Waals surface area contributed by atoms with Gasteiger partial charge in [0.25, 0.3) is 11.1 Å². The molecule has 0 fully saturated rings. The summed E-state index contributed by atoms with van der Waals surface area (Å²) in [4.78, 5) is 29.3. The molecule has 0 saturated heterocycles. The Kier molecular flexibility index (Phi) is 3.16. The Balaban J connectivity index is 2.06. The van der Waals surface area contributed by atoms with Gasteiger partial charge in [-0.2, -0.15) is 0 Å². The Hall–Kier alpha value is -3.41. The third-order valence-electron chi connectivity index (χ3n) is 4.04. The Bertz CT molecular complexity index is 1140. The quantitative estimate of drug-likeness (QED) is 0.615. The Morgan fingerprint density at radius 1 is 0.958 bits per heavy atom. The molecule has 1 aromatic carbocycles. The summed E-state index contributed by atoms with van der Waals surface area (Å²) in [6.45, 7) is 1.77. The first-order valence-corrected chi connectivity index (χ1v) is 7.50. The minimum absolute atomic E-state index is 0.184. The summed E-state index contributed by atoms with van der Waals surface area (Å²) >= 11 is 0. The van der Waals surface area contributed by atoms with E-state index in [0.717, 1.165) is 5.69 Å². The minimum atomic E-state index is -0.201. The van der Waals surface area contributed by atoms with Crippen LogP contribution in [-0.2, 0) is 0 Å². The summed E-state index contributed by atoms with van der Waals surface area (Å²) in [7, 11) is 0. The highest BCUT2D eigenvalue weighted by atomic mass is 16.1. The monoisotopic (exact) mass is 318 g/mol. The van der Waals surface area contributed by atoms with Crippen LogP contribution in [0.1, 0.15) is 5.69 Å². The standard InChI is InChI=1S/C18H14N4O2/c1-12-17-15(11-16(23)21(12)13-7-9-19-10-8-13)20-22(18(17)24)14-5-3-2-4-6-14/h2-11,20H,1H3. The molecule has 0 bridgehead atoms. The first-order valence-electron chi connectivity index (χ1n) is 7.50. The van der Waals surface area contributed by atoms with Gasteiger partial charge in [-0.3, -0.25) is 24.2 Å². The third-order valence-corrected chi connectivity index (χ3v) is 4.04. The van der Waals surface area contributed by atoms with E-state index in [1.807, 2.05) is 30.3 Å². The Labute approximate surface area is 136 Å². The number of aromatic amines is 1. The minimum Gasteiger partial charge on any atom is -0.290 e. The smallest absolute Gasteiger partial charge is 0.280 e. The molecule has 0 amide bonds. The second kappa shape index (κ2) is 5.34. The van der Waals surface area contributed by atoms with E-state index in [1.54, 1.807) is 31.5 Å². The third kappa shape index (κ3) is 2.08. The number of H-pyrrole nitrogens is 1. The number of rotatable bonds is 2. The second-order valence-corrected chi connectivity index (χ2v) is 5.49. The van der Waals surface area contributed by atoms with Crippen molar-refractivity contribution in [3.8, 4) is 11.4 Å². The van der Waals surface area contributed by atoms with Crippen LogP contribution in [0.4, 0.5) is 0 Å².